The molecule has 6 aromatic rings. The van der Waals surface area contributed by atoms with Gasteiger partial charge in [-0.05, 0) is 73.5 Å². The summed E-state index contributed by atoms with van der Waals surface area (Å²) < 4.78 is 4.85. The second kappa shape index (κ2) is 8.76. The van der Waals surface area contributed by atoms with Crippen LogP contribution < -0.4 is 0 Å². The van der Waals surface area contributed by atoms with Crippen LogP contribution in [0.15, 0.2) is 93.9 Å². The van der Waals surface area contributed by atoms with Crippen molar-refractivity contribution in [1.82, 2.24) is 0 Å². The molecule has 0 aliphatic heterocycles. The normalized spacial score (nSPS) is 11.5. The van der Waals surface area contributed by atoms with Gasteiger partial charge in [-0.3, -0.25) is 0 Å². The quantitative estimate of drug-likeness (QED) is 0.189. The van der Waals surface area contributed by atoms with Gasteiger partial charge in [-0.2, -0.15) is 0 Å². The summed E-state index contributed by atoms with van der Waals surface area (Å²) in [5.41, 5.74) is 7.78. The van der Waals surface area contributed by atoms with Crippen molar-refractivity contribution >= 4 is 74.7 Å². The van der Waals surface area contributed by atoms with Crippen LogP contribution in [0.4, 0.5) is 0 Å². The number of aryl methyl sites for hydroxylation is 2. The molecule has 6 rings (SSSR count). The van der Waals surface area contributed by atoms with Gasteiger partial charge in [0.1, 0.15) is 0 Å². The maximum Gasteiger partial charge on any atom is 0.0434 e. The van der Waals surface area contributed by atoms with E-state index in [0.717, 1.165) is 8.95 Å². The Morgan fingerprint density at radius 3 is 1.26 bits per heavy atom. The molecule has 0 radical (unpaired) electrons. The predicted molar refractivity (Wildman–Crippen MR) is 158 cm³/mol. The summed E-state index contributed by atoms with van der Waals surface area (Å²) in [7, 11) is 0. The van der Waals surface area contributed by atoms with Crippen molar-refractivity contribution in [1.29, 1.82) is 0 Å². The summed E-state index contributed by atoms with van der Waals surface area (Å²) in [5, 5.41) is 2.67. The molecule has 0 saturated carbocycles. The number of hydrogen-bond donors (Lipinski definition) is 0. The summed E-state index contributed by atoms with van der Waals surface area (Å²) in [5.74, 6) is 0. The summed E-state index contributed by atoms with van der Waals surface area (Å²) in [6.45, 7) is 4.37. The number of hydrogen-bond acceptors (Lipinski definition) is 2. The minimum atomic E-state index is 1.10. The van der Waals surface area contributed by atoms with E-state index in [2.05, 4.69) is 131 Å². The second-order valence-electron chi connectivity index (χ2n) is 8.63. The Kier molecular flexibility index (Phi) is 5.73. The maximum absolute atomic E-state index is 3.61. The Morgan fingerprint density at radius 1 is 0.500 bits per heavy atom. The van der Waals surface area contributed by atoms with E-state index in [4.69, 9.17) is 0 Å². The molecule has 2 heterocycles. The first-order valence-corrected chi connectivity index (χ1v) is 14.3. The van der Waals surface area contributed by atoms with Crippen molar-refractivity contribution in [3.63, 3.8) is 0 Å². The Morgan fingerprint density at radius 2 is 0.882 bits per heavy atom. The van der Waals surface area contributed by atoms with E-state index in [9.17, 15) is 0 Å². The molecule has 2 aromatic heterocycles. The molecule has 0 N–H and O–H groups in total. The van der Waals surface area contributed by atoms with Crippen molar-refractivity contribution in [2.75, 3.05) is 0 Å². The molecule has 0 amide bonds. The molecule has 0 unspecified atom stereocenters. The van der Waals surface area contributed by atoms with Crippen molar-refractivity contribution in [2.45, 2.75) is 13.8 Å². The highest BCUT2D eigenvalue weighted by molar-refractivity contribution is 9.10. The predicted octanol–water partition coefficient (Wildman–Crippen LogP) is 11.3. The first-order chi connectivity index (χ1) is 16.5. The van der Waals surface area contributed by atoms with E-state index in [1.807, 2.05) is 22.7 Å². The van der Waals surface area contributed by atoms with Crippen LogP contribution in [-0.2, 0) is 0 Å². The van der Waals surface area contributed by atoms with E-state index in [-0.39, 0.29) is 0 Å². The zero-order chi connectivity index (χ0) is 23.4. The fourth-order valence-electron chi connectivity index (χ4n) is 4.53. The molecular formula is C30H20Br2S2. The van der Waals surface area contributed by atoms with Gasteiger partial charge in [0.25, 0.3) is 0 Å². The highest BCUT2D eigenvalue weighted by Crippen LogP contribution is 2.53. The van der Waals surface area contributed by atoms with Crippen molar-refractivity contribution in [3.8, 4) is 32.0 Å². The molecule has 4 aromatic carbocycles. The van der Waals surface area contributed by atoms with E-state index in [1.165, 1.54) is 63.3 Å². The molecular weight excluding hydrogens is 584 g/mol. The topological polar surface area (TPSA) is 0 Å². The third-order valence-corrected chi connectivity index (χ3v) is 9.65. The van der Waals surface area contributed by atoms with Crippen LogP contribution in [0.5, 0.6) is 0 Å². The van der Waals surface area contributed by atoms with Crippen LogP contribution in [0.1, 0.15) is 11.1 Å². The van der Waals surface area contributed by atoms with Gasteiger partial charge in [-0.1, -0.05) is 79.4 Å². The van der Waals surface area contributed by atoms with Crippen LogP contribution >= 0.6 is 54.5 Å². The molecule has 34 heavy (non-hydrogen) atoms. The zero-order valence-corrected chi connectivity index (χ0v) is 23.5. The van der Waals surface area contributed by atoms with E-state index in [1.54, 1.807) is 0 Å². The van der Waals surface area contributed by atoms with Crippen molar-refractivity contribution in [3.05, 3.63) is 105 Å². The number of halogens is 2. The summed E-state index contributed by atoms with van der Waals surface area (Å²) in [4.78, 5) is 2.65. The van der Waals surface area contributed by atoms with Crippen molar-refractivity contribution in [2.24, 2.45) is 0 Å². The molecule has 0 nitrogen and oxygen atoms in total. The third-order valence-electron chi connectivity index (χ3n) is 6.15. The highest BCUT2D eigenvalue weighted by atomic mass is 79.9. The summed E-state index contributed by atoms with van der Waals surface area (Å²) >= 11 is 11.0. The Hall–Kier alpha value is -2.24. The Labute approximate surface area is 224 Å². The van der Waals surface area contributed by atoms with Crippen LogP contribution in [-0.4, -0.2) is 0 Å². The lowest BCUT2D eigenvalue weighted by Gasteiger charge is -2.10. The largest absolute Gasteiger partial charge is 0.135 e. The maximum atomic E-state index is 3.61. The van der Waals surface area contributed by atoms with Gasteiger partial charge in [0.2, 0.25) is 0 Å². The monoisotopic (exact) mass is 602 g/mol. The van der Waals surface area contributed by atoms with Crippen molar-refractivity contribution < 1.29 is 0 Å². The Bertz CT molecular complexity index is 1540. The molecule has 0 aliphatic carbocycles. The molecule has 0 spiro atoms. The lowest BCUT2D eigenvalue weighted by Crippen LogP contribution is -1.84. The highest BCUT2D eigenvalue weighted by Gasteiger charge is 2.23. The fraction of sp³-hybridized carbons (Fsp3) is 0.0667. The summed E-state index contributed by atoms with van der Waals surface area (Å²) in [6, 6.07) is 31.2. The average Bonchev–Trinajstić information content (AvgIpc) is 3.37. The fourth-order valence-corrected chi connectivity index (χ4v) is 7.45. The van der Waals surface area contributed by atoms with Crippen LogP contribution in [0.3, 0.4) is 0 Å². The molecule has 0 bridgehead atoms. The Balaban J connectivity index is 1.76. The minimum Gasteiger partial charge on any atom is -0.135 e. The minimum absolute atomic E-state index is 1.10. The molecule has 0 saturated heterocycles. The molecule has 166 valence electrons. The number of fused-ring (bicyclic) bond motifs is 2. The molecule has 0 aliphatic rings. The van der Waals surface area contributed by atoms with Crippen LogP contribution in [0.2, 0.25) is 0 Å². The lowest BCUT2D eigenvalue weighted by molar-refractivity contribution is 1.51. The SMILES string of the molecule is Cc1ccc2sc(-c3ccc(Br)cc3)c(-c3c(-c4ccc(Br)cc4)sc4ccc(C)cc34)c2c1. The van der Waals surface area contributed by atoms with Crippen LogP contribution in [0, 0.1) is 13.8 Å². The van der Waals surface area contributed by atoms with Gasteiger partial charge in [0.15, 0.2) is 0 Å². The van der Waals surface area contributed by atoms with Gasteiger partial charge in [0, 0.05) is 50.0 Å². The molecule has 0 fully saturated rings. The number of thiophene rings is 2. The van der Waals surface area contributed by atoms with Gasteiger partial charge in [0.05, 0.1) is 0 Å². The van der Waals surface area contributed by atoms with Gasteiger partial charge in [-0.15, -0.1) is 22.7 Å². The first kappa shape index (κ1) is 22.2. The smallest absolute Gasteiger partial charge is 0.0434 e. The molecule has 0 atom stereocenters. The number of benzene rings is 4. The van der Waals surface area contributed by atoms with E-state index in [0.29, 0.717) is 0 Å². The third kappa shape index (κ3) is 3.87. The summed E-state index contributed by atoms with van der Waals surface area (Å²) in [6.07, 6.45) is 0. The molecule has 4 heteroatoms. The first-order valence-electron chi connectivity index (χ1n) is 11.1. The van der Waals surface area contributed by atoms with Crippen LogP contribution in [0.25, 0.3) is 52.2 Å². The standard InChI is InChI=1S/C30H20Br2S2/c1-17-3-13-25-23(15-17)27(29(33-25)19-5-9-21(31)10-6-19)28-24-16-18(2)4-14-26(24)34-30(28)20-7-11-22(32)12-8-20/h3-16H,1-2H3. The van der Waals surface area contributed by atoms with Gasteiger partial charge in [-0.25, -0.2) is 0 Å². The van der Waals surface area contributed by atoms with E-state index < -0.39 is 0 Å². The van der Waals surface area contributed by atoms with Gasteiger partial charge >= 0.3 is 0 Å². The zero-order valence-electron chi connectivity index (χ0n) is 18.7. The second-order valence-corrected chi connectivity index (χ2v) is 12.6. The van der Waals surface area contributed by atoms with E-state index >= 15 is 0 Å². The van der Waals surface area contributed by atoms with Gasteiger partial charge < -0.3 is 0 Å². The average molecular weight is 604 g/mol. The number of rotatable bonds is 3. The lowest BCUT2D eigenvalue weighted by atomic mass is 9.93.